The van der Waals surface area contributed by atoms with Crippen LogP contribution in [0.5, 0.6) is 0 Å². The zero-order valence-corrected chi connectivity index (χ0v) is 15.8. The molecule has 25 heavy (non-hydrogen) atoms. The van der Waals surface area contributed by atoms with Crippen LogP contribution in [0.15, 0.2) is 12.1 Å². The fraction of sp³-hybridized carbons (Fsp3) is 0.562. The lowest BCUT2D eigenvalue weighted by molar-refractivity contribution is -0.148. The number of benzene rings is 1. The zero-order chi connectivity index (χ0) is 17.3. The van der Waals surface area contributed by atoms with Crippen LogP contribution < -0.4 is 5.73 Å². The summed E-state index contributed by atoms with van der Waals surface area (Å²) in [6.07, 6.45) is 0.472. The molecule has 2 N–H and O–H groups in total. The van der Waals surface area contributed by atoms with E-state index in [1.54, 1.807) is 4.90 Å². The number of ether oxygens (including phenoxy) is 2. The predicted molar refractivity (Wildman–Crippen MR) is 95.9 cm³/mol. The summed E-state index contributed by atoms with van der Waals surface area (Å²) in [5, 5.41) is 0.268. The Kier molecular flexibility index (Phi) is 6.93. The third-order valence-corrected chi connectivity index (χ3v) is 5.17. The Hall–Kier alpha value is -0.630. The van der Waals surface area contributed by atoms with Gasteiger partial charge in [-0.2, -0.15) is 0 Å². The Morgan fingerprint density at radius 1 is 1.24 bits per heavy atom. The molecule has 3 rings (SSSR count). The molecule has 0 saturated carbocycles. The van der Waals surface area contributed by atoms with Crippen molar-refractivity contribution in [2.75, 3.05) is 32.9 Å². The molecule has 140 valence electrons. The molecule has 5 nitrogen and oxygen atoms in total. The van der Waals surface area contributed by atoms with Crippen LogP contribution in [0.4, 0.5) is 4.39 Å². The van der Waals surface area contributed by atoms with Crippen LogP contribution in [0.2, 0.25) is 10.0 Å². The van der Waals surface area contributed by atoms with Crippen molar-refractivity contribution in [1.82, 2.24) is 4.90 Å². The second-order valence-corrected chi connectivity index (χ2v) is 6.98. The second kappa shape index (κ2) is 8.37. The quantitative estimate of drug-likeness (QED) is 0.757. The topological polar surface area (TPSA) is 64.8 Å². The Morgan fingerprint density at radius 2 is 1.92 bits per heavy atom. The molecule has 2 fully saturated rings. The van der Waals surface area contributed by atoms with Crippen molar-refractivity contribution in [3.05, 3.63) is 33.6 Å². The highest BCUT2D eigenvalue weighted by molar-refractivity contribution is 6.35. The standard InChI is InChI=1S/C16H19Cl2FN2O3.ClH/c17-11-8-12(18)13(19)7-10(11)14-9-21(3-6-24-14)15(22)16(20)1-4-23-5-2-16;/h7-8,14H,1-6,9,20H2;1H. The van der Waals surface area contributed by atoms with Gasteiger partial charge in [0.1, 0.15) is 11.9 Å². The first-order valence-electron chi connectivity index (χ1n) is 7.83. The molecule has 2 saturated heterocycles. The third-order valence-electron chi connectivity index (χ3n) is 4.55. The lowest BCUT2D eigenvalue weighted by Gasteiger charge is -2.40. The molecule has 1 amide bonds. The van der Waals surface area contributed by atoms with Gasteiger partial charge in [-0.15, -0.1) is 12.4 Å². The normalized spacial score (nSPS) is 23.0. The van der Waals surface area contributed by atoms with Gasteiger partial charge in [0.15, 0.2) is 0 Å². The van der Waals surface area contributed by atoms with E-state index in [2.05, 4.69) is 0 Å². The smallest absolute Gasteiger partial charge is 0.243 e. The first-order valence-corrected chi connectivity index (χ1v) is 8.58. The average molecular weight is 414 g/mol. The van der Waals surface area contributed by atoms with Crippen molar-refractivity contribution < 1.29 is 18.7 Å². The van der Waals surface area contributed by atoms with Crippen LogP contribution in [0.3, 0.4) is 0 Å². The van der Waals surface area contributed by atoms with Crippen LogP contribution in [0, 0.1) is 5.82 Å². The summed E-state index contributed by atoms with van der Waals surface area (Å²) >= 11 is 11.9. The van der Waals surface area contributed by atoms with Crippen LogP contribution in [-0.4, -0.2) is 49.3 Å². The number of hydrogen-bond acceptors (Lipinski definition) is 4. The first-order chi connectivity index (χ1) is 11.4. The molecule has 0 aliphatic carbocycles. The molecule has 0 radical (unpaired) electrons. The van der Waals surface area contributed by atoms with Gasteiger partial charge >= 0.3 is 0 Å². The molecule has 1 atom stereocenters. The number of hydrogen-bond donors (Lipinski definition) is 1. The SMILES string of the molecule is Cl.NC1(C(=O)N2CCOC(c3cc(F)c(Cl)cc3Cl)C2)CCOCC1. The lowest BCUT2D eigenvalue weighted by Crippen LogP contribution is -2.60. The van der Waals surface area contributed by atoms with E-state index < -0.39 is 17.5 Å². The molecule has 2 aliphatic heterocycles. The molecule has 0 spiro atoms. The van der Waals surface area contributed by atoms with E-state index >= 15 is 0 Å². The summed E-state index contributed by atoms with van der Waals surface area (Å²) in [6.45, 7) is 2.01. The van der Waals surface area contributed by atoms with Crippen molar-refractivity contribution in [3.8, 4) is 0 Å². The van der Waals surface area contributed by atoms with Gasteiger partial charge in [-0.1, -0.05) is 23.2 Å². The largest absolute Gasteiger partial charge is 0.381 e. The lowest BCUT2D eigenvalue weighted by atomic mass is 9.89. The Balaban J connectivity index is 0.00000225. The summed E-state index contributed by atoms with van der Waals surface area (Å²) in [5.41, 5.74) is 5.85. The number of nitrogens with two attached hydrogens (primary N) is 1. The van der Waals surface area contributed by atoms with Gasteiger partial charge in [-0.3, -0.25) is 4.79 Å². The van der Waals surface area contributed by atoms with E-state index in [4.69, 9.17) is 38.4 Å². The van der Waals surface area contributed by atoms with E-state index in [1.165, 1.54) is 12.1 Å². The van der Waals surface area contributed by atoms with Crippen molar-refractivity contribution >= 4 is 41.5 Å². The Morgan fingerprint density at radius 3 is 2.60 bits per heavy atom. The Labute approximate surface area is 161 Å². The second-order valence-electron chi connectivity index (χ2n) is 6.17. The minimum atomic E-state index is -0.908. The van der Waals surface area contributed by atoms with Gasteiger partial charge < -0.3 is 20.1 Å². The van der Waals surface area contributed by atoms with Crippen molar-refractivity contribution in [2.45, 2.75) is 24.5 Å². The van der Waals surface area contributed by atoms with Gasteiger partial charge in [-0.05, 0) is 25.0 Å². The minimum absolute atomic E-state index is 0. The molecule has 9 heteroatoms. The fourth-order valence-corrected chi connectivity index (χ4v) is 3.58. The maximum absolute atomic E-state index is 13.8. The molecule has 0 aromatic heterocycles. The molecule has 1 aromatic rings. The van der Waals surface area contributed by atoms with Crippen LogP contribution in [0.1, 0.15) is 24.5 Å². The minimum Gasteiger partial charge on any atom is -0.381 e. The van der Waals surface area contributed by atoms with Crippen LogP contribution >= 0.6 is 35.6 Å². The summed E-state index contributed by atoms with van der Waals surface area (Å²) in [4.78, 5) is 14.5. The number of carbonyl (C=O) groups is 1. The van der Waals surface area contributed by atoms with Gasteiger partial charge in [0, 0.05) is 30.3 Å². The molecule has 2 heterocycles. The molecule has 1 aromatic carbocycles. The number of nitrogens with zero attached hydrogens (tertiary/aromatic N) is 1. The van der Waals surface area contributed by atoms with Gasteiger partial charge in [0.25, 0.3) is 0 Å². The maximum Gasteiger partial charge on any atom is 0.243 e. The molecule has 1 unspecified atom stereocenters. The average Bonchev–Trinajstić information content (AvgIpc) is 2.58. The van der Waals surface area contributed by atoms with Crippen LogP contribution in [-0.2, 0) is 14.3 Å². The number of morpholine rings is 1. The highest BCUT2D eigenvalue weighted by atomic mass is 35.5. The van der Waals surface area contributed by atoms with E-state index in [9.17, 15) is 9.18 Å². The van der Waals surface area contributed by atoms with Crippen molar-refractivity contribution in [1.29, 1.82) is 0 Å². The zero-order valence-electron chi connectivity index (χ0n) is 13.5. The van der Waals surface area contributed by atoms with E-state index in [-0.39, 0.29) is 29.9 Å². The first kappa shape index (κ1) is 20.7. The number of halogens is 4. The summed E-state index contributed by atoms with van der Waals surface area (Å²) in [7, 11) is 0. The third kappa shape index (κ3) is 4.38. The Bertz CT molecular complexity index is 641. The monoisotopic (exact) mass is 412 g/mol. The summed E-state index contributed by atoms with van der Waals surface area (Å²) in [5.74, 6) is -0.688. The molecular formula is C16H20Cl3FN2O3. The highest BCUT2D eigenvalue weighted by Gasteiger charge is 2.40. The van der Waals surface area contributed by atoms with E-state index in [0.29, 0.717) is 49.8 Å². The maximum atomic E-state index is 13.8. The van der Waals surface area contributed by atoms with Crippen molar-refractivity contribution in [3.63, 3.8) is 0 Å². The van der Waals surface area contributed by atoms with Gasteiger partial charge in [0.2, 0.25) is 5.91 Å². The van der Waals surface area contributed by atoms with Crippen LogP contribution in [0.25, 0.3) is 0 Å². The summed E-state index contributed by atoms with van der Waals surface area (Å²) < 4.78 is 24.7. The van der Waals surface area contributed by atoms with Gasteiger partial charge in [-0.25, -0.2) is 4.39 Å². The van der Waals surface area contributed by atoms with E-state index in [1.807, 2.05) is 0 Å². The van der Waals surface area contributed by atoms with Crippen molar-refractivity contribution in [2.24, 2.45) is 5.73 Å². The fourth-order valence-electron chi connectivity index (χ4n) is 3.07. The number of rotatable bonds is 2. The highest BCUT2D eigenvalue weighted by Crippen LogP contribution is 2.33. The predicted octanol–water partition coefficient (Wildman–Crippen LogP) is 2.96. The summed E-state index contributed by atoms with van der Waals surface area (Å²) in [6, 6.07) is 2.61. The number of amides is 1. The van der Waals surface area contributed by atoms with E-state index in [0.717, 1.165) is 0 Å². The molecule has 0 bridgehead atoms. The molecule has 2 aliphatic rings. The van der Waals surface area contributed by atoms with Gasteiger partial charge in [0.05, 0.1) is 23.7 Å². The number of carbonyl (C=O) groups excluding carboxylic acids is 1. The molecular weight excluding hydrogens is 394 g/mol.